The predicted octanol–water partition coefficient (Wildman–Crippen LogP) is 3.90. The maximum atomic E-state index is 12.2. The van der Waals surface area contributed by atoms with Gasteiger partial charge in [0.15, 0.2) is 0 Å². The monoisotopic (exact) mass is 327 g/mol. The van der Waals surface area contributed by atoms with Gasteiger partial charge in [0, 0.05) is 22.2 Å². The Bertz CT molecular complexity index is 832. The second-order valence-electron chi connectivity index (χ2n) is 5.36. The molecule has 2 heterocycles. The minimum atomic E-state index is -0.0917. The van der Waals surface area contributed by atoms with Gasteiger partial charge in [-0.3, -0.25) is 4.79 Å². The standard InChI is InChI=1S/C17H17N3O2S/c1-10-15(11(2)22-20-10)8-17(21)19-14-6-4-5-13(7-14)16-9-23-12(3)18-16/h4-7,9H,8H2,1-3H3,(H,19,21). The average Bonchev–Trinajstić information content (AvgIpc) is 3.08. The molecule has 0 fully saturated rings. The Labute approximate surface area is 138 Å². The SMILES string of the molecule is Cc1nc(-c2cccc(NC(=O)Cc3c(C)noc3C)c2)cs1. The lowest BCUT2D eigenvalue weighted by molar-refractivity contribution is -0.115. The summed E-state index contributed by atoms with van der Waals surface area (Å²) >= 11 is 1.61. The highest BCUT2D eigenvalue weighted by Gasteiger charge is 2.14. The zero-order valence-corrected chi connectivity index (χ0v) is 14.0. The van der Waals surface area contributed by atoms with Gasteiger partial charge in [-0.25, -0.2) is 4.98 Å². The van der Waals surface area contributed by atoms with Crippen LogP contribution in [0.1, 0.15) is 22.0 Å². The molecule has 0 aliphatic carbocycles. The number of aromatic nitrogens is 2. The average molecular weight is 327 g/mol. The Morgan fingerprint density at radius 3 is 2.78 bits per heavy atom. The summed E-state index contributed by atoms with van der Waals surface area (Å²) in [6, 6.07) is 7.70. The smallest absolute Gasteiger partial charge is 0.228 e. The largest absolute Gasteiger partial charge is 0.361 e. The number of rotatable bonds is 4. The fourth-order valence-electron chi connectivity index (χ4n) is 2.37. The van der Waals surface area contributed by atoms with Crippen molar-refractivity contribution in [3.63, 3.8) is 0 Å². The molecule has 2 aromatic heterocycles. The fraction of sp³-hybridized carbons (Fsp3) is 0.235. The van der Waals surface area contributed by atoms with E-state index < -0.39 is 0 Å². The second kappa shape index (κ2) is 6.34. The van der Waals surface area contributed by atoms with Crippen LogP contribution in [0.3, 0.4) is 0 Å². The zero-order valence-electron chi connectivity index (χ0n) is 13.2. The predicted molar refractivity (Wildman–Crippen MR) is 90.6 cm³/mol. The van der Waals surface area contributed by atoms with Crippen molar-refractivity contribution < 1.29 is 9.32 Å². The van der Waals surface area contributed by atoms with Gasteiger partial charge in [0.1, 0.15) is 5.76 Å². The molecule has 6 heteroatoms. The lowest BCUT2D eigenvalue weighted by Crippen LogP contribution is -2.15. The Kier molecular flexibility index (Phi) is 4.25. The van der Waals surface area contributed by atoms with Gasteiger partial charge in [0.25, 0.3) is 0 Å². The van der Waals surface area contributed by atoms with E-state index in [4.69, 9.17) is 4.52 Å². The zero-order chi connectivity index (χ0) is 16.4. The van der Waals surface area contributed by atoms with E-state index >= 15 is 0 Å². The van der Waals surface area contributed by atoms with Crippen molar-refractivity contribution in [3.05, 3.63) is 51.7 Å². The summed E-state index contributed by atoms with van der Waals surface area (Å²) in [6.07, 6.45) is 0.251. The summed E-state index contributed by atoms with van der Waals surface area (Å²) in [6.45, 7) is 5.63. The molecule has 0 unspecified atom stereocenters. The van der Waals surface area contributed by atoms with Crippen molar-refractivity contribution in [1.82, 2.24) is 10.1 Å². The van der Waals surface area contributed by atoms with E-state index in [0.717, 1.165) is 33.2 Å². The summed E-state index contributed by atoms with van der Waals surface area (Å²) in [4.78, 5) is 16.7. The highest BCUT2D eigenvalue weighted by Crippen LogP contribution is 2.24. The molecule has 1 aromatic carbocycles. The Balaban J connectivity index is 1.74. The van der Waals surface area contributed by atoms with Gasteiger partial charge < -0.3 is 9.84 Å². The number of carbonyl (C=O) groups is 1. The molecule has 0 saturated heterocycles. The third kappa shape index (κ3) is 3.48. The van der Waals surface area contributed by atoms with E-state index in [2.05, 4.69) is 15.5 Å². The van der Waals surface area contributed by atoms with Crippen LogP contribution >= 0.6 is 11.3 Å². The number of nitrogens with one attached hydrogen (secondary N) is 1. The van der Waals surface area contributed by atoms with Gasteiger partial charge in [0.05, 0.1) is 22.8 Å². The molecule has 118 valence electrons. The molecule has 3 aromatic rings. The van der Waals surface area contributed by atoms with E-state index in [0.29, 0.717) is 5.76 Å². The summed E-state index contributed by atoms with van der Waals surface area (Å²) in [5.74, 6) is 0.593. The fourth-order valence-corrected chi connectivity index (χ4v) is 2.99. The molecule has 0 spiro atoms. The first-order valence-electron chi connectivity index (χ1n) is 7.27. The molecular weight excluding hydrogens is 310 g/mol. The lowest BCUT2D eigenvalue weighted by Gasteiger charge is -2.06. The number of amides is 1. The molecule has 5 nitrogen and oxygen atoms in total. The second-order valence-corrected chi connectivity index (χ2v) is 6.42. The van der Waals surface area contributed by atoms with Crippen molar-refractivity contribution in [2.24, 2.45) is 0 Å². The van der Waals surface area contributed by atoms with Crippen LogP contribution in [0.5, 0.6) is 0 Å². The van der Waals surface area contributed by atoms with Gasteiger partial charge in [0.2, 0.25) is 5.91 Å². The Morgan fingerprint density at radius 1 is 1.30 bits per heavy atom. The number of nitrogens with zero attached hydrogens (tertiary/aromatic N) is 2. The normalized spacial score (nSPS) is 10.7. The third-order valence-electron chi connectivity index (χ3n) is 3.58. The maximum Gasteiger partial charge on any atom is 0.228 e. The first kappa shape index (κ1) is 15.4. The first-order chi connectivity index (χ1) is 11.0. The minimum absolute atomic E-state index is 0.0917. The van der Waals surface area contributed by atoms with Crippen molar-refractivity contribution >= 4 is 22.9 Å². The van der Waals surface area contributed by atoms with Crippen molar-refractivity contribution in [1.29, 1.82) is 0 Å². The highest BCUT2D eigenvalue weighted by molar-refractivity contribution is 7.09. The number of hydrogen-bond donors (Lipinski definition) is 1. The molecule has 0 aliphatic rings. The van der Waals surface area contributed by atoms with Crippen LogP contribution in [0.2, 0.25) is 0 Å². The highest BCUT2D eigenvalue weighted by atomic mass is 32.1. The molecule has 1 amide bonds. The molecule has 0 bridgehead atoms. The van der Waals surface area contributed by atoms with Gasteiger partial charge >= 0.3 is 0 Å². The molecule has 0 saturated carbocycles. The molecular formula is C17H17N3O2S. The van der Waals surface area contributed by atoms with E-state index in [1.54, 1.807) is 11.3 Å². The van der Waals surface area contributed by atoms with Gasteiger partial charge in [-0.05, 0) is 32.9 Å². The summed E-state index contributed by atoms with van der Waals surface area (Å²) in [5, 5.41) is 9.82. The minimum Gasteiger partial charge on any atom is -0.361 e. The molecule has 1 N–H and O–H groups in total. The van der Waals surface area contributed by atoms with Crippen LogP contribution in [-0.2, 0) is 11.2 Å². The van der Waals surface area contributed by atoms with E-state index in [1.165, 1.54) is 0 Å². The molecule has 0 radical (unpaired) electrons. The Morgan fingerprint density at radius 2 is 2.13 bits per heavy atom. The lowest BCUT2D eigenvalue weighted by atomic mass is 10.1. The first-order valence-corrected chi connectivity index (χ1v) is 8.15. The topological polar surface area (TPSA) is 68.0 Å². The van der Waals surface area contributed by atoms with Crippen molar-refractivity contribution in [3.8, 4) is 11.3 Å². The van der Waals surface area contributed by atoms with E-state index in [-0.39, 0.29) is 12.3 Å². The maximum absolute atomic E-state index is 12.2. The van der Waals surface area contributed by atoms with Crippen LogP contribution in [0.15, 0.2) is 34.2 Å². The molecule has 0 aliphatic heterocycles. The van der Waals surface area contributed by atoms with E-state index in [1.807, 2.05) is 50.4 Å². The van der Waals surface area contributed by atoms with Crippen LogP contribution < -0.4 is 5.32 Å². The number of carbonyl (C=O) groups excluding carboxylic acids is 1. The number of anilines is 1. The summed E-state index contributed by atoms with van der Waals surface area (Å²) < 4.78 is 5.09. The Hall–Kier alpha value is -2.47. The number of aryl methyl sites for hydroxylation is 3. The van der Waals surface area contributed by atoms with E-state index in [9.17, 15) is 4.79 Å². The van der Waals surface area contributed by atoms with Crippen molar-refractivity contribution in [2.75, 3.05) is 5.32 Å². The van der Waals surface area contributed by atoms with Gasteiger partial charge in [-0.15, -0.1) is 11.3 Å². The number of benzene rings is 1. The quantitative estimate of drug-likeness (QED) is 0.789. The summed E-state index contributed by atoms with van der Waals surface area (Å²) in [7, 11) is 0. The van der Waals surface area contributed by atoms with Gasteiger partial charge in [-0.2, -0.15) is 0 Å². The molecule has 23 heavy (non-hydrogen) atoms. The van der Waals surface area contributed by atoms with Crippen LogP contribution in [0.25, 0.3) is 11.3 Å². The molecule has 0 atom stereocenters. The van der Waals surface area contributed by atoms with Crippen LogP contribution in [0.4, 0.5) is 5.69 Å². The number of hydrogen-bond acceptors (Lipinski definition) is 5. The molecule has 3 rings (SSSR count). The van der Waals surface area contributed by atoms with Crippen LogP contribution in [-0.4, -0.2) is 16.0 Å². The van der Waals surface area contributed by atoms with Crippen molar-refractivity contribution in [2.45, 2.75) is 27.2 Å². The number of thiazole rings is 1. The van der Waals surface area contributed by atoms with Gasteiger partial charge in [-0.1, -0.05) is 17.3 Å². The third-order valence-corrected chi connectivity index (χ3v) is 4.35. The van der Waals surface area contributed by atoms with Crippen LogP contribution in [0, 0.1) is 20.8 Å². The summed E-state index contributed by atoms with van der Waals surface area (Å²) in [5.41, 5.74) is 4.27.